The van der Waals surface area contributed by atoms with Crippen molar-refractivity contribution in [3.8, 4) is 0 Å². The number of aromatic nitrogens is 1. The number of hydrogen-bond acceptors (Lipinski definition) is 5. The van der Waals surface area contributed by atoms with Gasteiger partial charge in [0.1, 0.15) is 11.1 Å². The van der Waals surface area contributed by atoms with Crippen molar-refractivity contribution in [2.45, 2.75) is 0 Å². The van der Waals surface area contributed by atoms with E-state index < -0.39 is 5.97 Å². The highest BCUT2D eigenvalue weighted by Crippen LogP contribution is 2.20. The average molecular weight is 205 g/mol. The Labute approximate surface area is 84.7 Å². The second kappa shape index (κ2) is 3.53. The topological polar surface area (TPSA) is 69.4 Å². The zero-order chi connectivity index (χ0) is 10.8. The molecule has 2 aromatic rings. The monoisotopic (exact) mass is 205 g/mol. The molecule has 0 unspecified atom stereocenters. The Hall–Kier alpha value is -2.17. The molecule has 0 spiro atoms. The van der Waals surface area contributed by atoms with Crippen molar-refractivity contribution in [2.75, 3.05) is 7.11 Å². The summed E-state index contributed by atoms with van der Waals surface area (Å²) in [7, 11) is 1.28. The highest BCUT2D eigenvalue weighted by Gasteiger charge is 2.15. The van der Waals surface area contributed by atoms with Gasteiger partial charge in [0.25, 0.3) is 0 Å². The number of carbonyl (C=O) groups excluding carboxylic acids is 2. The molecule has 0 N–H and O–H groups in total. The van der Waals surface area contributed by atoms with E-state index in [0.717, 1.165) is 0 Å². The van der Waals surface area contributed by atoms with Crippen LogP contribution in [0.3, 0.4) is 0 Å². The Morgan fingerprint density at radius 2 is 2.40 bits per heavy atom. The van der Waals surface area contributed by atoms with Crippen LogP contribution in [0.25, 0.3) is 11.1 Å². The molecule has 15 heavy (non-hydrogen) atoms. The van der Waals surface area contributed by atoms with Crippen LogP contribution < -0.4 is 0 Å². The number of aldehydes is 1. The molecule has 5 nitrogen and oxygen atoms in total. The number of esters is 1. The number of fused-ring (bicyclic) bond motifs is 1. The third-order valence-corrected chi connectivity index (χ3v) is 1.95. The number of furan rings is 1. The lowest BCUT2D eigenvalue weighted by Gasteiger charge is -1.98. The molecule has 0 aromatic carbocycles. The maximum absolute atomic E-state index is 11.3. The molecule has 0 radical (unpaired) electrons. The van der Waals surface area contributed by atoms with Crippen molar-refractivity contribution in [1.29, 1.82) is 0 Å². The second-order valence-corrected chi connectivity index (χ2v) is 2.83. The molecule has 0 amide bonds. The van der Waals surface area contributed by atoms with Gasteiger partial charge in [0.15, 0.2) is 17.6 Å². The minimum Gasteiger partial charge on any atom is -0.465 e. The summed E-state index contributed by atoms with van der Waals surface area (Å²) in [4.78, 5) is 25.8. The van der Waals surface area contributed by atoms with Gasteiger partial charge in [0.05, 0.1) is 7.11 Å². The van der Waals surface area contributed by atoms with Crippen LogP contribution in [0, 0.1) is 0 Å². The number of hydrogen-bond donors (Lipinski definition) is 0. The van der Waals surface area contributed by atoms with E-state index in [1.165, 1.54) is 25.4 Å². The van der Waals surface area contributed by atoms with E-state index in [1.54, 1.807) is 0 Å². The quantitative estimate of drug-likeness (QED) is 0.547. The summed E-state index contributed by atoms with van der Waals surface area (Å²) in [5.41, 5.74) is 0.988. The van der Waals surface area contributed by atoms with E-state index in [-0.39, 0.29) is 16.9 Å². The Balaban J connectivity index is 2.69. The first-order valence-electron chi connectivity index (χ1n) is 4.18. The predicted molar refractivity (Wildman–Crippen MR) is 50.7 cm³/mol. The van der Waals surface area contributed by atoms with Crippen LogP contribution in [-0.2, 0) is 4.74 Å². The molecule has 5 heteroatoms. The lowest BCUT2D eigenvalue weighted by atomic mass is 10.2. The van der Waals surface area contributed by atoms with Crippen molar-refractivity contribution in [1.82, 2.24) is 4.98 Å². The summed E-state index contributed by atoms with van der Waals surface area (Å²) in [6, 6.07) is 2.95. The van der Waals surface area contributed by atoms with Gasteiger partial charge in [-0.05, 0) is 6.07 Å². The average Bonchev–Trinajstić information content (AvgIpc) is 2.70. The van der Waals surface area contributed by atoms with Gasteiger partial charge in [0.2, 0.25) is 0 Å². The fraction of sp³-hybridized carbons (Fsp3) is 0.100. The maximum atomic E-state index is 11.3. The summed E-state index contributed by atoms with van der Waals surface area (Å²) in [5, 5.41) is 0. The van der Waals surface area contributed by atoms with Crippen molar-refractivity contribution in [3.63, 3.8) is 0 Å². The number of pyridine rings is 1. The van der Waals surface area contributed by atoms with Gasteiger partial charge in [-0.15, -0.1) is 0 Å². The number of carbonyl (C=O) groups is 2. The van der Waals surface area contributed by atoms with Crippen LogP contribution >= 0.6 is 0 Å². The number of nitrogens with zero attached hydrogens (tertiary/aromatic N) is 1. The first kappa shape index (κ1) is 9.39. The third kappa shape index (κ3) is 1.48. The van der Waals surface area contributed by atoms with Gasteiger partial charge in [0, 0.05) is 12.3 Å². The van der Waals surface area contributed by atoms with Crippen molar-refractivity contribution >= 4 is 23.4 Å². The summed E-state index contributed by atoms with van der Waals surface area (Å²) < 4.78 is 9.71. The molecule has 0 fully saturated rings. The molecule has 0 aliphatic carbocycles. The van der Waals surface area contributed by atoms with E-state index in [0.29, 0.717) is 11.8 Å². The van der Waals surface area contributed by atoms with Gasteiger partial charge in [-0.2, -0.15) is 0 Å². The van der Waals surface area contributed by atoms with Gasteiger partial charge < -0.3 is 9.15 Å². The summed E-state index contributed by atoms with van der Waals surface area (Å²) in [6.45, 7) is 0. The van der Waals surface area contributed by atoms with E-state index in [4.69, 9.17) is 4.42 Å². The molecular formula is C10H7NO4. The highest BCUT2D eigenvalue weighted by molar-refractivity contribution is 6.01. The molecule has 0 bridgehead atoms. The number of rotatable bonds is 2. The van der Waals surface area contributed by atoms with E-state index >= 15 is 0 Å². The van der Waals surface area contributed by atoms with Crippen LogP contribution in [-0.4, -0.2) is 24.3 Å². The first-order valence-corrected chi connectivity index (χ1v) is 4.18. The summed E-state index contributed by atoms with van der Waals surface area (Å²) in [5.74, 6) is -0.386. The Bertz CT molecular complexity index is 529. The van der Waals surface area contributed by atoms with E-state index in [1.807, 2.05) is 0 Å². The Morgan fingerprint density at radius 3 is 3.07 bits per heavy atom. The van der Waals surface area contributed by atoms with Gasteiger partial charge in [-0.25, -0.2) is 4.79 Å². The first-order chi connectivity index (χ1) is 7.26. The number of ether oxygens (including phenoxy) is 1. The molecule has 0 aliphatic rings. The summed E-state index contributed by atoms with van der Waals surface area (Å²) in [6.07, 6.45) is 2.02. The molecule has 0 aliphatic heterocycles. The lowest BCUT2D eigenvalue weighted by molar-refractivity contribution is 0.0601. The van der Waals surface area contributed by atoms with Gasteiger partial charge >= 0.3 is 5.97 Å². The predicted octanol–water partition coefficient (Wildman–Crippen LogP) is 1.43. The fourth-order valence-corrected chi connectivity index (χ4v) is 1.29. The molecule has 0 saturated heterocycles. The molecule has 0 saturated carbocycles. The highest BCUT2D eigenvalue weighted by atomic mass is 16.5. The largest absolute Gasteiger partial charge is 0.465 e. The molecule has 76 valence electrons. The third-order valence-electron chi connectivity index (χ3n) is 1.95. The van der Waals surface area contributed by atoms with Crippen molar-refractivity contribution in [2.24, 2.45) is 0 Å². The van der Waals surface area contributed by atoms with E-state index in [2.05, 4.69) is 9.72 Å². The van der Waals surface area contributed by atoms with Crippen LogP contribution in [0.15, 0.2) is 22.7 Å². The maximum Gasteiger partial charge on any atom is 0.341 e. The fourth-order valence-electron chi connectivity index (χ4n) is 1.29. The van der Waals surface area contributed by atoms with Gasteiger partial charge in [-0.3, -0.25) is 9.78 Å². The van der Waals surface area contributed by atoms with E-state index in [9.17, 15) is 9.59 Å². The van der Waals surface area contributed by atoms with Crippen LogP contribution in [0.2, 0.25) is 0 Å². The molecular weight excluding hydrogens is 198 g/mol. The van der Waals surface area contributed by atoms with Crippen molar-refractivity contribution in [3.05, 3.63) is 29.7 Å². The minimum atomic E-state index is -0.519. The zero-order valence-electron chi connectivity index (χ0n) is 7.89. The Kier molecular flexibility index (Phi) is 2.21. The normalized spacial score (nSPS) is 10.2. The second-order valence-electron chi connectivity index (χ2n) is 2.83. The molecule has 2 rings (SSSR count). The molecule has 2 heterocycles. The summed E-state index contributed by atoms with van der Waals surface area (Å²) >= 11 is 0. The van der Waals surface area contributed by atoms with Crippen molar-refractivity contribution < 1.29 is 18.7 Å². The molecule has 0 atom stereocenters. The lowest BCUT2D eigenvalue weighted by Crippen LogP contribution is -2.01. The van der Waals surface area contributed by atoms with Gasteiger partial charge in [-0.1, -0.05) is 0 Å². The van der Waals surface area contributed by atoms with Crippen LogP contribution in [0.4, 0.5) is 0 Å². The zero-order valence-corrected chi connectivity index (χ0v) is 7.89. The molecule has 2 aromatic heterocycles. The van der Waals surface area contributed by atoms with Crippen LogP contribution in [0.5, 0.6) is 0 Å². The smallest absolute Gasteiger partial charge is 0.341 e. The Morgan fingerprint density at radius 1 is 1.60 bits per heavy atom. The minimum absolute atomic E-state index is 0.133. The standard InChI is InChI=1S/C10H7NO4/c1-14-10(13)7-2-3-11-8-4-6(5-12)15-9(7)8/h2-5H,1H3. The number of methoxy groups -OCH3 is 1. The van der Waals surface area contributed by atoms with Crippen LogP contribution in [0.1, 0.15) is 20.9 Å². The SMILES string of the molecule is COC(=O)c1ccnc2cc(C=O)oc12.